The molecule has 1 amide bonds. The molecule has 0 aliphatic carbocycles. The first-order chi connectivity index (χ1) is 19.8. The molecule has 1 aromatic heterocycles. The molecule has 1 unspecified atom stereocenters. The Hall–Kier alpha value is -3.34. The summed E-state index contributed by atoms with van der Waals surface area (Å²) in [6.07, 6.45) is -6.64. The van der Waals surface area contributed by atoms with E-state index in [9.17, 15) is 30.5 Å². The number of hydrogen-bond donors (Lipinski definition) is 5. The lowest BCUT2D eigenvalue weighted by Gasteiger charge is -2.40. The number of allylic oxidation sites excluding steroid dienone is 1. The molecule has 10 nitrogen and oxygen atoms in total. The monoisotopic (exact) mass is 579 g/mol. The van der Waals surface area contributed by atoms with Crippen LogP contribution >= 0.6 is 11.3 Å². The van der Waals surface area contributed by atoms with Crippen LogP contribution in [0.2, 0.25) is 0 Å². The highest BCUT2D eigenvalue weighted by atomic mass is 32.1. The number of carbonyl (C=O) groups excluding carboxylic acids is 1. The van der Waals surface area contributed by atoms with E-state index in [0.717, 1.165) is 52.4 Å². The maximum Gasteiger partial charge on any atom is 0.262 e. The number of carbonyl (C=O) groups is 1. The van der Waals surface area contributed by atoms with Crippen LogP contribution in [0.25, 0.3) is 26.8 Å². The summed E-state index contributed by atoms with van der Waals surface area (Å²) in [6, 6.07) is 18.6. The first kappa shape index (κ1) is 29.2. The van der Waals surface area contributed by atoms with E-state index >= 15 is 0 Å². The smallest absolute Gasteiger partial charge is 0.262 e. The van der Waals surface area contributed by atoms with E-state index in [2.05, 4.69) is 46.6 Å². The van der Waals surface area contributed by atoms with Crippen LogP contribution in [0.5, 0.6) is 0 Å². The number of aliphatic hydroxyl groups excluding tert-OH is 4. The topological polar surface area (TPSA) is 156 Å². The number of amides is 1. The van der Waals surface area contributed by atoms with Gasteiger partial charge < -0.3 is 40.1 Å². The van der Waals surface area contributed by atoms with Crippen LogP contribution < -0.4 is 10.2 Å². The molecule has 216 valence electrons. The fourth-order valence-electron chi connectivity index (χ4n) is 5.16. The van der Waals surface area contributed by atoms with E-state index in [1.54, 1.807) is 6.92 Å². The molecular formula is C30H33N3O7S. The van der Waals surface area contributed by atoms with Crippen molar-refractivity contribution in [3.63, 3.8) is 0 Å². The summed E-state index contributed by atoms with van der Waals surface area (Å²) in [5, 5.41) is 54.1. The second-order valence-electron chi connectivity index (χ2n) is 10.2. The molecule has 5 N–H and O–H groups in total. The molecule has 2 saturated heterocycles. The van der Waals surface area contributed by atoms with Gasteiger partial charge in [0.2, 0.25) is 0 Å². The molecule has 11 heteroatoms. The van der Waals surface area contributed by atoms with E-state index in [4.69, 9.17) is 9.47 Å². The molecule has 5 rings (SSSR count). The molecular weight excluding hydrogens is 546 g/mol. The van der Waals surface area contributed by atoms with Gasteiger partial charge in [0.05, 0.1) is 19.8 Å². The molecule has 2 aromatic carbocycles. The lowest BCUT2D eigenvalue weighted by Crippen LogP contribution is -2.60. The molecule has 0 spiro atoms. The Labute approximate surface area is 241 Å². The summed E-state index contributed by atoms with van der Waals surface area (Å²) < 4.78 is 10.9. The summed E-state index contributed by atoms with van der Waals surface area (Å²) in [6.45, 7) is 4.15. The van der Waals surface area contributed by atoms with Gasteiger partial charge in [0.1, 0.15) is 42.2 Å². The minimum Gasteiger partial charge on any atom is -0.394 e. The number of nitriles is 1. The lowest BCUT2D eigenvalue weighted by molar-refractivity contribution is -0.227. The largest absolute Gasteiger partial charge is 0.394 e. The molecule has 2 aliphatic rings. The number of benzene rings is 2. The van der Waals surface area contributed by atoms with Crippen LogP contribution in [0.3, 0.4) is 0 Å². The third kappa shape index (κ3) is 6.14. The van der Waals surface area contributed by atoms with Gasteiger partial charge in [-0.15, -0.1) is 11.3 Å². The van der Waals surface area contributed by atoms with Crippen LogP contribution in [0.1, 0.15) is 11.8 Å². The number of nitrogens with zero attached hydrogens (tertiary/aromatic N) is 2. The van der Waals surface area contributed by atoms with Crippen molar-refractivity contribution < 1.29 is 34.7 Å². The molecule has 0 bridgehead atoms. The van der Waals surface area contributed by atoms with Crippen molar-refractivity contribution in [1.82, 2.24) is 5.32 Å². The lowest BCUT2D eigenvalue weighted by atomic mass is 9.95. The van der Waals surface area contributed by atoms with Gasteiger partial charge in [-0.05, 0) is 59.2 Å². The summed E-state index contributed by atoms with van der Waals surface area (Å²) in [5.41, 5.74) is 2.64. The Morgan fingerprint density at radius 1 is 1.02 bits per heavy atom. The third-order valence-corrected chi connectivity index (χ3v) is 8.88. The first-order valence-corrected chi connectivity index (χ1v) is 14.3. The number of aliphatic hydroxyl groups is 4. The number of rotatable bonds is 7. The Bertz CT molecular complexity index is 1470. The van der Waals surface area contributed by atoms with E-state index in [1.165, 1.54) is 17.0 Å². The molecule has 3 heterocycles. The first-order valence-electron chi connectivity index (χ1n) is 13.5. The minimum atomic E-state index is -1.54. The minimum absolute atomic E-state index is 0.0860. The van der Waals surface area contributed by atoms with Crippen LogP contribution in [0.15, 0.2) is 54.1 Å². The van der Waals surface area contributed by atoms with Crippen molar-refractivity contribution in [2.45, 2.75) is 37.4 Å². The number of ether oxygens (including phenoxy) is 2. The maximum absolute atomic E-state index is 12.9. The molecule has 41 heavy (non-hydrogen) atoms. The standard InChI is InChI=1S/C30H33N3O7S/c1-17(22(14-31)30(38)32-15-23-27(35)29(37)28(36)24(16-34)40-23)25-6-7-26(41-25)20-3-2-19-13-21(5-4-18(19)12-20)33-8-10-39-11-9-33/h2-7,12-13,23-24,27-29,34-37H,8-11,15-16H2,1H3,(H,32,38)/b22-17+/t23-,24?,27-,28+,29+/m1/s1. The summed E-state index contributed by atoms with van der Waals surface area (Å²) in [4.78, 5) is 17.0. The molecule has 0 radical (unpaired) electrons. The summed E-state index contributed by atoms with van der Waals surface area (Å²) >= 11 is 1.48. The molecule has 5 atom stereocenters. The van der Waals surface area contributed by atoms with Crippen LogP contribution in [0, 0.1) is 11.3 Å². The summed E-state index contributed by atoms with van der Waals surface area (Å²) in [7, 11) is 0. The molecule has 2 aliphatic heterocycles. The number of morpholine rings is 1. The van der Waals surface area contributed by atoms with Gasteiger partial charge in [0.15, 0.2) is 0 Å². The fourth-order valence-corrected chi connectivity index (χ4v) is 6.17. The van der Waals surface area contributed by atoms with Gasteiger partial charge in [-0.3, -0.25) is 4.79 Å². The second-order valence-corrected chi connectivity index (χ2v) is 11.3. The Kier molecular flexibility index (Phi) is 9.01. The van der Waals surface area contributed by atoms with Crippen molar-refractivity contribution in [3.8, 4) is 16.5 Å². The zero-order valence-corrected chi connectivity index (χ0v) is 23.4. The number of thiophene rings is 1. The van der Waals surface area contributed by atoms with E-state index in [-0.39, 0.29) is 12.1 Å². The van der Waals surface area contributed by atoms with Crippen molar-refractivity contribution >= 4 is 39.3 Å². The number of fused-ring (bicyclic) bond motifs is 1. The fraction of sp³-hybridized carbons (Fsp3) is 0.400. The van der Waals surface area contributed by atoms with Crippen LogP contribution in [-0.2, 0) is 14.3 Å². The molecule has 2 fully saturated rings. The zero-order valence-electron chi connectivity index (χ0n) is 22.6. The Balaban J connectivity index is 1.29. The number of nitrogens with one attached hydrogen (secondary N) is 1. The third-order valence-electron chi connectivity index (χ3n) is 7.63. The Morgan fingerprint density at radius 3 is 2.46 bits per heavy atom. The van der Waals surface area contributed by atoms with Gasteiger partial charge in [-0.2, -0.15) is 5.26 Å². The van der Waals surface area contributed by atoms with Gasteiger partial charge >= 0.3 is 0 Å². The van der Waals surface area contributed by atoms with Crippen molar-refractivity contribution in [3.05, 3.63) is 59.0 Å². The SMILES string of the molecule is C/C(=C(/C#N)C(=O)NC[C@H]1OC(CO)[C@H](O)[C@@H](O)[C@@H]1O)c1ccc(-c2ccc3cc(N4CCOCC4)ccc3c2)s1. The summed E-state index contributed by atoms with van der Waals surface area (Å²) in [5.74, 6) is -0.654. The second kappa shape index (κ2) is 12.7. The van der Waals surface area contributed by atoms with Crippen molar-refractivity contribution in [1.29, 1.82) is 5.26 Å². The van der Waals surface area contributed by atoms with Gasteiger partial charge in [-0.25, -0.2) is 0 Å². The highest BCUT2D eigenvalue weighted by Crippen LogP contribution is 2.35. The average molecular weight is 580 g/mol. The van der Waals surface area contributed by atoms with Gasteiger partial charge in [-0.1, -0.05) is 18.2 Å². The predicted octanol–water partition coefficient (Wildman–Crippen LogP) is 1.66. The van der Waals surface area contributed by atoms with Crippen LogP contribution in [-0.4, -0.2) is 96.3 Å². The van der Waals surface area contributed by atoms with Crippen molar-refractivity contribution in [2.24, 2.45) is 0 Å². The van der Waals surface area contributed by atoms with E-state index in [0.29, 0.717) is 5.57 Å². The van der Waals surface area contributed by atoms with Crippen LogP contribution in [0.4, 0.5) is 5.69 Å². The zero-order chi connectivity index (χ0) is 29.1. The number of hydrogen-bond acceptors (Lipinski definition) is 10. The van der Waals surface area contributed by atoms with E-state index < -0.39 is 43.0 Å². The average Bonchev–Trinajstić information content (AvgIpc) is 3.50. The van der Waals surface area contributed by atoms with Gasteiger partial charge in [0.25, 0.3) is 5.91 Å². The number of anilines is 1. The quantitative estimate of drug-likeness (QED) is 0.208. The van der Waals surface area contributed by atoms with Gasteiger partial charge in [0, 0.05) is 35.1 Å². The Morgan fingerprint density at radius 2 is 1.73 bits per heavy atom. The highest BCUT2D eigenvalue weighted by Gasteiger charge is 2.43. The normalized spacial score (nSPS) is 25.5. The van der Waals surface area contributed by atoms with E-state index in [1.807, 2.05) is 18.2 Å². The predicted molar refractivity (Wildman–Crippen MR) is 155 cm³/mol. The maximum atomic E-state index is 12.9. The molecule has 0 saturated carbocycles. The highest BCUT2D eigenvalue weighted by molar-refractivity contribution is 7.16. The molecule has 3 aromatic rings. The van der Waals surface area contributed by atoms with Crippen molar-refractivity contribution in [2.75, 3.05) is 44.4 Å².